The van der Waals surface area contributed by atoms with Gasteiger partial charge in [0.1, 0.15) is 5.78 Å². The summed E-state index contributed by atoms with van der Waals surface area (Å²) in [5.41, 5.74) is -1.22. The van der Waals surface area contributed by atoms with Crippen molar-refractivity contribution >= 4 is 20.8 Å². The second-order valence-electron chi connectivity index (χ2n) is 14.2. The minimum atomic E-state index is -1.29. The lowest BCUT2D eigenvalue weighted by atomic mass is 9.64. The van der Waals surface area contributed by atoms with Crippen molar-refractivity contribution < 1.29 is 23.9 Å². The molecule has 38 heavy (non-hydrogen) atoms. The molecule has 0 aliphatic heterocycles. The summed E-state index contributed by atoms with van der Waals surface area (Å²) in [5, 5.41) is 11.6. The maximum atomic E-state index is 13.6. The molecular formula is C32H54O5Si. The van der Waals surface area contributed by atoms with E-state index in [9.17, 15) is 14.7 Å². The molecule has 4 aliphatic rings. The van der Waals surface area contributed by atoms with Crippen molar-refractivity contribution in [3.05, 3.63) is 12.2 Å². The van der Waals surface area contributed by atoms with Crippen molar-refractivity contribution in [2.75, 3.05) is 6.61 Å². The number of esters is 1. The Kier molecular flexibility index (Phi) is 9.36. The Hall–Kier alpha value is -0.983. The molecule has 0 radical (unpaired) electrons. The number of carbonyl (C=O) groups is 2. The Morgan fingerprint density at radius 3 is 2.29 bits per heavy atom. The van der Waals surface area contributed by atoms with Gasteiger partial charge < -0.3 is 14.3 Å². The predicted octanol–water partition coefficient (Wildman–Crippen LogP) is 6.62. The molecule has 0 aromatic rings. The lowest BCUT2D eigenvalue weighted by Gasteiger charge is -2.51. The molecule has 1 N–H and O–H groups in total. The van der Waals surface area contributed by atoms with Gasteiger partial charge in [-0.1, -0.05) is 52.2 Å². The van der Waals surface area contributed by atoms with Crippen LogP contribution in [0.2, 0.25) is 13.1 Å². The van der Waals surface area contributed by atoms with Gasteiger partial charge in [0, 0.05) is 11.8 Å². The molecule has 0 saturated heterocycles. The van der Waals surface area contributed by atoms with Crippen LogP contribution in [0.15, 0.2) is 12.2 Å². The van der Waals surface area contributed by atoms with Crippen LogP contribution in [0.25, 0.3) is 0 Å². The van der Waals surface area contributed by atoms with Crippen LogP contribution in [0.4, 0.5) is 0 Å². The predicted molar refractivity (Wildman–Crippen MR) is 154 cm³/mol. The van der Waals surface area contributed by atoms with Crippen LogP contribution < -0.4 is 0 Å². The summed E-state index contributed by atoms with van der Waals surface area (Å²) in [6, 6.07) is 0. The minimum Gasteiger partial charge on any atom is -0.466 e. The average Bonchev–Trinajstić information content (AvgIpc) is 3.42. The average molecular weight is 547 g/mol. The zero-order valence-electron chi connectivity index (χ0n) is 25.0. The normalized spacial score (nSPS) is 36.5. The van der Waals surface area contributed by atoms with Gasteiger partial charge in [-0.2, -0.15) is 0 Å². The number of allylic oxidation sites excluding steroid dienone is 1. The van der Waals surface area contributed by atoms with Crippen molar-refractivity contribution in [2.24, 2.45) is 40.9 Å². The van der Waals surface area contributed by atoms with E-state index >= 15 is 0 Å². The fraction of sp³-hybridized carbons (Fsp3) is 0.875. The van der Waals surface area contributed by atoms with Crippen LogP contribution in [0.5, 0.6) is 0 Å². The minimum absolute atomic E-state index is 0.00152. The number of aliphatic hydroxyl groups is 1. The summed E-state index contributed by atoms with van der Waals surface area (Å²) in [5.74, 6) is 1.00. The Bertz CT molecular complexity index is 862. The molecule has 216 valence electrons. The zero-order valence-corrected chi connectivity index (χ0v) is 26.1. The fourth-order valence-corrected chi connectivity index (χ4v) is 10.0. The standard InChI is InChI=1S/C32H54O5Si/c1-7-36-29(34)23-15-18-31(35,19-16-23)27-21-26-22(13-14-25(26)28(27)33)17-20-32(30(2,3)4,37-38(5)6)24-11-9-8-10-12-24/h17,20,22-27,35,38H,7-16,18-19,21H2,1-6H3. The maximum Gasteiger partial charge on any atom is 0.308 e. The molecule has 4 fully saturated rings. The number of ether oxygens (including phenoxy) is 1. The fourth-order valence-electron chi connectivity index (χ4n) is 8.62. The molecule has 0 spiro atoms. The highest BCUT2D eigenvalue weighted by molar-refractivity contribution is 6.48. The van der Waals surface area contributed by atoms with E-state index in [1.54, 1.807) is 0 Å². The van der Waals surface area contributed by atoms with E-state index < -0.39 is 14.6 Å². The molecule has 5 atom stereocenters. The Morgan fingerprint density at radius 2 is 1.71 bits per heavy atom. The molecule has 0 aromatic carbocycles. The Labute approximate surface area is 233 Å². The summed E-state index contributed by atoms with van der Waals surface area (Å²) in [7, 11) is -1.29. The van der Waals surface area contributed by atoms with Gasteiger partial charge in [0.2, 0.25) is 0 Å². The second kappa shape index (κ2) is 11.9. The molecule has 4 aliphatic carbocycles. The quantitative estimate of drug-likeness (QED) is 0.210. The highest BCUT2D eigenvalue weighted by Gasteiger charge is 2.56. The molecule has 0 bridgehead atoms. The second-order valence-corrected chi connectivity index (χ2v) is 16.6. The van der Waals surface area contributed by atoms with E-state index in [4.69, 9.17) is 9.16 Å². The molecular weight excluding hydrogens is 492 g/mol. The van der Waals surface area contributed by atoms with E-state index in [0.29, 0.717) is 50.0 Å². The van der Waals surface area contributed by atoms with Gasteiger partial charge in [-0.25, -0.2) is 0 Å². The van der Waals surface area contributed by atoms with Gasteiger partial charge in [-0.3, -0.25) is 9.59 Å². The van der Waals surface area contributed by atoms with Crippen molar-refractivity contribution in [2.45, 2.75) is 129 Å². The third kappa shape index (κ3) is 5.88. The number of hydrogen-bond donors (Lipinski definition) is 1. The number of carbonyl (C=O) groups excluding carboxylic acids is 2. The number of fused-ring (bicyclic) bond motifs is 1. The molecule has 0 amide bonds. The molecule has 4 saturated carbocycles. The van der Waals surface area contributed by atoms with Gasteiger partial charge in [0.15, 0.2) is 9.04 Å². The van der Waals surface area contributed by atoms with E-state index in [1.165, 1.54) is 32.1 Å². The van der Waals surface area contributed by atoms with Crippen LogP contribution in [-0.4, -0.2) is 43.7 Å². The van der Waals surface area contributed by atoms with Gasteiger partial charge in [0.05, 0.1) is 23.7 Å². The van der Waals surface area contributed by atoms with Crippen molar-refractivity contribution in [3.63, 3.8) is 0 Å². The number of Topliss-reactive ketones (excluding diaryl/α,β-unsaturated/α-hetero) is 1. The van der Waals surface area contributed by atoms with Crippen LogP contribution in [0.3, 0.4) is 0 Å². The number of ketones is 1. The molecule has 0 heterocycles. The van der Waals surface area contributed by atoms with Crippen LogP contribution in [0, 0.1) is 40.9 Å². The number of rotatable bonds is 8. The van der Waals surface area contributed by atoms with Crippen LogP contribution >= 0.6 is 0 Å². The highest BCUT2D eigenvalue weighted by atomic mass is 28.3. The summed E-state index contributed by atoms with van der Waals surface area (Å²) in [6.45, 7) is 13.8. The summed E-state index contributed by atoms with van der Waals surface area (Å²) < 4.78 is 12.2. The Balaban J connectivity index is 1.50. The molecule has 5 unspecified atom stereocenters. The van der Waals surface area contributed by atoms with E-state index in [0.717, 1.165) is 19.3 Å². The zero-order chi connectivity index (χ0) is 27.7. The SMILES string of the molecule is CCOC(=O)C1CCC(O)(C2CC3C(C=CC(O[SiH](C)C)(C4CCCCC4)C(C)(C)C)CCC3C2=O)CC1. The van der Waals surface area contributed by atoms with Crippen molar-refractivity contribution in [3.8, 4) is 0 Å². The Morgan fingerprint density at radius 1 is 1.05 bits per heavy atom. The third-order valence-electron chi connectivity index (χ3n) is 10.6. The smallest absolute Gasteiger partial charge is 0.308 e. The highest BCUT2D eigenvalue weighted by Crippen LogP contribution is 2.55. The molecule has 0 aromatic heterocycles. The van der Waals surface area contributed by atoms with Gasteiger partial charge in [-0.05, 0) is 101 Å². The molecule has 4 rings (SSSR count). The topological polar surface area (TPSA) is 72.8 Å². The van der Waals surface area contributed by atoms with Crippen molar-refractivity contribution in [1.29, 1.82) is 0 Å². The maximum absolute atomic E-state index is 13.6. The van der Waals surface area contributed by atoms with Crippen LogP contribution in [0.1, 0.15) is 105 Å². The first-order valence-electron chi connectivity index (χ1n) is 15.7. The summed E-state index contributed by atoms with van der Waals surface area (Å²) >= 11 is 0. The van der Waals surface area contributed by atoms with E-state index in [2.05, 4.69) is 46.0 Å². The lowest BCUT2D eigenvalue weighted by Crippen LogP contribution is -2.52. The molecule has 6 heteroatoms. The largest absolute Gasteiger partial charge is 0.466 e. The molecule has 5 nitrogen and oxygen atoms in total. The third-order valence-corrected chi connectivity index (χ3v) is 11.5. The summed E-state index contributed by atoms with van der Waals surface area (Å²) in [4.78, 5) is 25.8. The number of hydrogen-bond acceptors (Lipinski definition) is 5. The van der Waals surface area contributed by atoms with E-state index in [-0.39, 0.29) is 40.5 Å². The first-order valence-corrected chi connectivity index (χ1v) is 18.5. The van der Waals surface area contributed by atoms with E-state index in [1.807, 2.05) is 6.92 Å². The van der Waals surface area contributed by atoms with Gasteiger partial charge in [-0.15, -0.1) is 0 Å². The van der Waals surface area contributed by atoms with Crippen LogP contribution in [-0.2, 0) is 18.8 Å². The van der Waals surface area contributed by atoms with Crippen molar-refractivity contribution in [1.82, 2.24) is 0 Å². The lowest BCUT2D eigenvalue weighted by molar-refractivity contribution is -0.153. The monoisotopic (exact) mass is 546 g/mol. The summed E-state index contributed by atoms with van der Waals surface area (Å²) in [6.07, 6.45) is 16.3. The first kappa shape index (κ1) is 30.0. The van der Waals surface area contributed by atoms with Gasteiger partial charge in [0.25, 0.3) is 0 Å². The van der Waals surface area contributed by atoms with Gasteiger partial charge >= 0.3 is 5.97 Å². The first-order chi connectivity index (χ1) is 17.9.